The van der Waals surface area contributed by atoms with Gasteiger partial charge in [-0.1, -0.05) is 74.6 Å². The first-order valence-electron chi connectivity index (χ1n) is 8.74. The number of carbonyl (C=O) groups excluding carboxylic acids is 2. The molecular weight excluding hydrogens is 402 g/mol. The number of carbonyl (C=O) groups is 2. The van der Waals surface area contributed by atoms with Crippen LogP contribution in [0.15, 0.2) is 29.4 Å². The quantitative estimate of drug-likeness (QED) is 0.342. The van der Waals surface area contributed by atoms with Gasteiger partial charge in [-0.05, 0) is 24.3 Å². The van der Waals surface area contributed by atoms with Crippen LogP contribution in [0.2, 0.25) is 5.02 Å². The van der Waals surface area contributed by atoms with Crippen molar-refractivity contribution in [3.63, 3.8) is 0 Å². The van der Waals surface area contributed by atoms with Gasteiger partial charge in [0.2, 0.25) is 11.8 Å². The van der Waals surface area contributed by atoms with Crippen molar-refractivity contribution in [2.24, 2.45) is 21.8 Å². The molecule has 2 aliphatic rings. The summed E-state index contributed by atoms with van der Waals surface area (Å²) in [6.07, 6.45) is 3.09. The molecule has 1 heterocycles. The Labute approximate surface area is 173 Å². The molecule has 27 heavy (non-hydrogen) atoms. The summed E-state index contributed by atoms with van der Waals surface area (Å²) in [6, 6.07) is 7.33. The predicted molar refractivity (Wildman–Crippen MR) is 114 cm³/mol. The van der Waals surface area contributed by atoms with Crippen LogP contribution in [0.4, 0.5) is 0 Å². The van der Waals surface area contributed by atoms with Crippen LogP contribution in [0.1, 0.15) is 39.2 Å². The Hall–Kier alpha value is -1.44. The summed E-state index contributed by atoms with van der Waals surface area (Å²) < 4.78 is 0.390. The minimum absolute atomic E-state index is 0.0881. The van der Waals surface area contributed by atoms with Crippen LogP contribution in [0.5, 0.6) is 0 Å². The van der Waals surface area contributed by atoms with Crippen molar-refractivity contribution in [3.8, 4) is 0 Å². The predicted octanol–water partition coefficient (Wildman–Crippen LogP) is 4.05. The van der Waals surface area contributed by atoms with Crippen LogP contribution in [0.25, 0.3) is 0 Å². The molecule has 1 saturated heterocycles. The summed E-state index contributed by atoms with van der Waals surface area (Å²) in [5.41, 5.74) is 2.72. The Morgan fingerprint density at radius 3 is 2.81 bits per heavy atom. The molecular formula is C19H22ClN3O2S2. The molecule has 2 fully saturated rings. The molecule has 5 nitrogen and oxygen atoms in total. The molecule has 1 aromatic carbocycles. The molecule has 8 heteroatoms. The van der Waals surface area contributed by atoms with Crippen LogP contribution in [0.3, 0.4) is 0 Å². The Morgan fingerprint density at radius 2 is 2.11 bits per heavy atom. The third-order valence-electron chi connectivity index (χ3n) is 6.10. The molecule has 0 spiro atoms. The smallest absolute Gasteiger partial charge is 0.236 e. The zero-order chi connectivity index (χ0) is 19.8. The molecule has 1 aliphatic heterocycles. The lowest BCUT2D eigenvalue weighted by Gasteiger charge is -2.47. The Kier molecular flexibility index (Phi) is 5.66. The first kappa shape index (κ1) is 20.3. The van der Waals surface area contributed by atoms with Gasteiger partial charge in [-0.3, -0.25) is 19.9 Å². The van der Waals surface area contributed by atoms with Gasteiger partial charge < -0.3 is 0 Å². The normalized spacial score (nSPS) is 26.7. The number of imide groups is 1. The fourth-order valence-electron chi connectivity index (χ4n) is 3.91. The highest BCUT2D eigenvalue weighted by Gasteiger charge is 2.64. The highest BCUT2D eigenvalue weighted by Crippen LogP contribution is 2.60. The maximum atomic E-state index is 13.0. The summed E-state index contributed by atoms with van der Waals surface area (Å²) in [7, 11) is 0. The van der Waals surface area contributed by atoms with Crippen LogP contribution < -0.4 is 5.43 Å². The first-order valence-corrected chi connectivity index (χ1v) is 10.5. The lowest BCUT2D eigenvalue weighted by Crippen LogP contribution is -2.58. The number of fused-ring (bicyclic) bond motifs is 2. The van der Waals surface area contributed by atoms with Crippen molar-refractivity contribution in [2.45, 2.75) is 33.6 Å². The van der Waals surface area contributed by atoms with Gasteiger partial charge in [-0.25, -0.2) is 0 Å². The van der Waals surface area contributed by atoms with Gasteiger partial charge in [0.1, 0.15) is 0 Å². The van der Waals surface area contributed by atoms with Crippen LogP contribution in [0, 0.1) is 16.7 Å². The van der Waals surface area contributed by atoms with Crippen molar-refractivity contribution in [3.05, 3.63) is 34.9 Å². The minimum Gasteiger partial charge on any atom is -0.274 e. The highest BCUT2D eigenvalue weighted by molar-refractivity contribution is 8.22. The van der Waals surface area contributed by atoms with Crippen molar-refractivity contribution in [1.29, 1.82) is 0 Å². The number of nitrogens with one attached hydrogen (secondary N) is 1. The number of likely N-dealkylation sites (tertiary alicyclic amines) is 1. The van der Waals surface area contributed by atoms with E-state index in [1.807, 2.05) is 39.0 Å². The summed E-state index contributed by atoms with van der Waals surface area (Å²) in [6.45, 7) is 6.03. The number of halogens is 1. The van der Waals surface area contributed by atoms with E-state index >= 15 is 0 Å². The largest absolute Gasteiger partial charge is 0.274 e. The van der Waals surface area contributed by atoms with Gasteiger partial charge in [0, 0.05) is 16.5 Å². The third-order valence-corrected chi connectivity index (χ3v) is 7.63. The number of piperidine rings is 1. The number of nitrogens with zero attached hydrogens (tertiary/aromatic N) is 2. The lowest BCUT2D eigenvalue weighted by molar-refractivity contribution is -0.166. The average molecular weight is 424 g/mol. The maximum absolute atomic E-state index is 13.0. The Balaban J connectivity index is 1.59. The van der Waals surface area contributed by atoms with E-state index in [1.54, 1.807) is 12.3 Å². The van der Waals surface area contributed by atoms with E-state index in [1.165, 1.54) is 16.7 Å². The van der Waals surface area contributed by atoms with Gasteiger partial charge in [0.25, 0.3) is 0 Å². The second-order valence-electron chi connectivity index (χ2n) is 7.67. The molecule has 1 aliphatic carbocycles. The van der Waals surface area contributed by atoms with E-state index < -0.39 is 5.41 Å². The number of hydrazone groups is 1. The molecule has 3 rings (SSSR count). The number of thioether (sulfide) groups is 1. The second-order valence-corrected chi connectivity index (χ2v) is 9.70. The second kappa shape index (κ2) is 7.53. The number of hydrogen-bond acceptors (Lipinski definition) is 5. The molecule has 0 radical (unpaired) electrons. The van der Waals surface area contributed by atoms with Crippen LogP contribution >= 0.6 is 35.6 Å². The molecule has 1 saturated carbocycles. The van der Waals surface area contributed by atoms with Crippen molar-refractivity contribution in [2.75, 3.05) is 5.88 Å². The lowest BCUT2D eigenvalue weighted by atomic mass is 9.62. The van der Waals surface area contributed by atoms with Gasteiger partial charge in [0.15, 0.2) is 4.32 Å². The first-order chi connectivity index (χ1) is 12.7. The topological polar surface area (TPSA) is 61.8 Å². The van der Waals surface area contributed by atoms with Gasteiger partial charge in [-0.15, -0.1) is 0 Å². The Bertz CT molecular complexity index is 827. The van der Waals surface area contributed by atoms with Crippen molar-refractivity contribution in [1.82, 2.24) is 10.3 Å². The van der Waals surface area contributed by atoms with Gasteiger partial charge in [-0.2, -0.15) is 5.10 Å². The van der Waals surface area contributed by atoms with Gasteiger partial charge >= 0.3 is 0 Å². The number of rotatable bonds is 4. The average Bonchev–Trinajstić information content (AvgIpc) is 2.80. The number of thiocarbonyl (C=S) groups is 1. The molecule has 1 aromatic rings. The number of benzene rings is 1. The molecule has 2 unspecified atom stereocenters. The summed E-state index contributed by atoms with van der Waals surface area (Å²) in [5.74, 6) is -0.0932. The molecule has 144 valence electrons. The van der Waals surface area contributed by atoms with Crippen LogP contribution in [-0.4, -0.2) is 33.1 Å². The fraction of sp³-hybridized carbons (Fsp3) is 0.474. The van der Waals surface area contributed by atoms with Crippen molar-refractivity contribution < 1.29 is 9.59 Å². The van der Waals surface area contributed by atoms with Crippen molar-refractivity contribution >= 4 is 57.9 Å². The Morgan fingerprint density at radius 1 is 1.41 bits per heavy atom. The maximum Gasteiger partial charge on any atom is 0.236 e. The van der Waals surface area contributed by atoms with E-state index in [9.17, 15) is 9.59 Å². The monoisotopic (exact) mass is 423 g/mol. The fourth-order valence-corrected chi connectivity index (χ4v) is 4.92. The third kappa shape index (κ3) is 3.52. The summed E-state index contributed by atoms with van der Waals surface area (Å²) in [4.78, 5) is 27.1. The zero-order valence-electron chi connectivity index (χ0n) is 15.5. The number of hydrogen-bond donors (Lipinski definition) is 1. The van der Waals surface area contributed by atoms with E-state index in [0.717, 1.165) is 18.4 Å². The minimum atomic E-state index is -0.497. The summed E-state index contributed by atoms with van der Waals surface area (Å²) in [5, 5.41) is 4.67. The van der Waals surface area contributed by atoms with E-state index in [4.69, 9.17) is 23.8 Å². The molecule has 0 aromatic heterocycles. The molecule has 2 bridgehead atoms. The van der Waals surface area contributed by atoms with E-state index in [2.05, 4.69) is 10.5 Å². The molecule has 2 amide bonds. The van der Waals surface area contributed by atoms with Gasteiger partial charge in [0.05, 0.1) is 17.5 Å². The van der Waals surface area contributed by atoms with E-state index in [-0.39, 0.29) is 29.0 Å². The summed E-state index contributed by atoms with van der Waals surface area (Å²) >= 11 is 12.5. The molecule has 1 N–H and O–H groups in total. The highest BCUT2D eigenvalue weighted by atomic mass is 35.5. The van der Waals surface area contributed by atoms with Crippen LogP contribution in [-0.2, 0) is 9.59 Å². The number of amides is 2. The standard InChI is InChI=1S/C19H22ClN3O2S2/c1-18(2)13-8-9-19(18,3)16(25)23(15(13)24)11-27-17(26)22-21-10-12-6-4-5-7-14(12)20/h4-7,10,13H,8-9,11H2,1-3H3,(H,22,26)/b21-10+. The zero-order valence-corrected chi connectivity index (χ0v) is 17.9. The molecule has 2 atom stereocenters. The SMILES string of the molecule is CC12CCC(C(=O)N(CSC(=S)N/N=C/c3ccccc3Cl)C1=O)C2(C)C. The van der Waals surface area contributed by atoms with E-state index in [0.29, 0.717) is 9.34 Å².